The summed E-state index contributed by atoms with van der Waals surface area (Å²) < 4.78 is 0.840. The van der Waals surface area contributed by atoms with Crippen molar-refractivity contribution in [3.05, 3.63) is 51.9 Å². The van der Waals surface area contributed by atoms with Gasteiger partial charge >= 0.3 is 5.97 Å². The van der Waals surface area contributed by atoms with Gasteiger partial charge < -0.3 is 10.4 Å². The van der Waals surface area contributed by atoms with E-state index in [1.54, 1.807) is 12.3 Å². The first-order valence-electron chi connectivity index (χ1n) is 5.60. The number of hydrogen-bond acceptors (Lipinski definition) is 4. The van der Waals surface area contributed by atoms with Crippen LogP contribution in [0.3, 0.4) is 0 Å². The number of hydrogen-bond donors (Lipinski definition) is 2. The Kier molecular flexibility index (Phi) is 4.09. The van der Waals surface area contributed by atoms with Crippen molar-refractivity contribution in [2.24, 2.45) is 0 Å². The van der Waals surface area contributed by atoms with Gasteiger partial charge in [0.25, 0.3) is 5.91 Å². The van der Waals surface area contributed by atoms with Crippen molar-refractivity contribution in [2.75, 3.05) is 5.32 Å². The number of halogens is 1. The smallest absolute Gasteiger partial charge is 0.354 e. The third-order valence-corrected chi connectivity index (χ3v) is 3.36. The van der Waals surface area contributed by atoms with E-state index < -0.39 is 11.9 Å². The van der Waals surface area contributed by atoms with Crippen LogP contribution in [0.5, 0.6) is 0 Å². The monoisotopic (exact) mass is 335 g/mol. The average Bonchev–Trinajstić information content (AvgIpc) is 2.43. The third kappa shape index (κ3) is 3.18. The number of carboxylic acid groups (broad SMARTS) is 1. The number of amides is 1. The van der Waals surface area contributed by atoms with E-state index in [-0.39, 0.29) is 11.3 Å². The normalized spacial score (nSPS) is 10.1. The highest BCUT2D eigenvalue weighted by Crippen LogP contribution is 2.17. The Hall–Kier alpha value is -2.28. The summed E-state index contributed by atoms with van der Waals surface area (Å²) in [5.74, 6) is -1.23. The number of aromatic nitrogens is 2. The molecule has 0 spiro atoms. The zero-order valence-corrected chi connectivity index (χ0v) is 12.0. The maximum absolute atomic E-state index is 12.0. The van der Waals surface area contributed by atoms with Gasteiger partial charge in [-0.05, 0) is 46.6 Å². The lowest BCUT2D eigenvalue weighted by Gasteiger charge is -2.06. The SMILES string of the molecule is Cc1cc(NC(=O)c2ccnc(C(=O)O)c2)ncc1Br. The minimum Gasteiger partial charge on any atom is -0.477 e. The van der Waals surface area contributed by atoms with Crippen molar-refractivity contribution in [1.29, 1.82) is 0 Å². The molecule has 0 aliphatic carbocycles. The molecule has 2 heterocycles. The van der Waals surface area contributed by atoms with Crippen LogP contribution in [-0.2, 0) is 0 Å². The number of pyridine rings is 2. The number of nitrogens with zero attached hydrogens (tertiary/aromatic N) is 2. The fourth-order valence-electron chi connectivity index (χ4n) is 1.48. The van der Waals surface area contributed by atoms with Crippen LogP contribution in [0.4, 0.5) is 5.82 Å². The average molecular weight is 336 g/mol. The number of anilines is 1. The van der Waals surface area contributed by atoms with Crippen LogP contribution in [0.15, 0.2) is 35.1 Å². The minimum absolute atomic E-state index is 0.183. The van der Waals surface area contributed by atoms with E-state index >= 15 is 0 Å². The number of carbonyl (C=O) groups excluding carboxylic acids is 1. The molecule has 0 unspecified atom stereocenters. The highest BCUT2D eigenvalue weighted by Gasteiger charge is 2.11. The predicted octanol–water partition coefficient (Wildman–Crippen LogP) is 2.50. The summed E-state index contributed by atoms with van der Waals surface area (Å²) in [6, 6.07) is 4.36. The fourth-order valence-corrected chi connectivity index (χ4v) is 1.70. The van der Waals surface area contributed by atoms with Gasteiger partial charge in [-0.1, -0.05) is 0 Å². The summed E-state index contributed by atoms with van der Waals surface area (Å²) in [5, 5.41) is 11.4. The van der Waals surface area contributed by atoms with Crippen molar-refractivity contribution in [2.45, 2.75) is 6.92 Å². The maximum atomic E-state index is 12.0. The van der Waals surface area contributed by atoms with Gasteiger partial charge in [-0.2, -0.15) is 0 Å². The Morgan fingerprint density at radius 3 is 2.70 bits per heavy atom. The highest BCUT2D eigenvalue weighted by atomic mass is 79.9. The molecule has 102 valence electrons. The zero-order chi connectivity index (χ0) is 14.7. The van der Waals surface area contributed by atoms with Crippen LogP contribution in [0.1, 0.15) is 26.4 Å². The summed E-state index contributed by atoms with van der Waals surface area (Å²) in [7, 11) is 0. The molecule has 0 aromatic carbocycles. The molecule has 0 bridgehead atoms. The van der Waals surface area contributed by atoms with Gasteiger partial charge in [0.2, 0.25) is 0 Å². The van der Waals surface area contributed by atoms with Gasteiger partial charge in [0, 0.05) is 22.4 Å². The summed E-state index contributed by atoms with van der Waals surface area (Å²) in [6.45, 7) is 1.87. The zero-order valence-electron chi connectivity index (χ0n) is 10.4. The molecule has 7 heteroatoms. The Morgan fingerprint density at radius 1 is 1.30 bits per heavy atom. The van der Waals surface area contributed by atoms with Crippen LogP contribution in [0.2, 0.25) is 0 Å². The summed E-state index contributed by atoms with van der Waals surface area (Å²) in [4.78, 5) is 30.5. The molecule has 2 rings (SSSR count). The van der Waals surface area contributed by atoms with E-state index in [4.69, 9.17) is 5.11 Å². The van der Waals surface area contributed by atoms with Crippen LogP contribution < -0.4 is 5.32 Å². The van der Waals surface area contributed by atoms with E-state index in [2.05, 4.69) is 31.2 Å². The lowest BCUT2D eigenvalue weighted by Crippen LogP contribution is -2.14. The molecule has 0 radical (unpaired) electrons. The third-order valence-electron chi connectivity index (χ3n) is 2.53. The number of carboxylic acids is 1. The Morgan fingerprint density at radius 2 is 2.05 bits per heavy atom. The molecule has 0 fully saturated rings. The van der Waals surface area contributed by atoms with Crippen molar-refractivity contribution < 1.29 is 14.7 Å². The topological polar surface area (TPSA) is 92.2 Å². The van der Waals surface area contributed by atoms with Crippen molar-refractivity contribution in [1.82, 2.24) is 9.97 Å². The van der Waals surface area contributed by atoms with Crippen LogP contribution in [-0.4, -0.2) is 27.0 Å². The highest BCUT2D eigenvalue weighted by molar-refractivity contribution is 9.10. The van der Waals surface area contributed by atoms with Crippen LogP contribution in [0, 0.1) is 6.92 Å². The minimum atomic E-state index is -1.18. The number of carbonyl (C=O) groups is 2. The summed E-state index contributed by atoms with van der Waals surface area (Å²) >= 11 is 3.32. The second-order valence-electron chi connectivity index (χ2n) is 4.01. The second kappa shape index (κ2) is 5.79. The van der Waals surface area contributed by atoms with Gasteiger partial charge in [-0.25, -0.2) is 14.8 Å². The first kappa shape index (κ1) is 14.1. The molecule has 0 atom stereocenters. The number of rotatable bonds is 3. The molecule has 1 amide bonds. The molecule has 2 aromatic rings. The number of aromatic carboxylic acids is 1. The molecule has 0 aliphatic rings. The van der Waals surface area contributed by atoms with Crippen molar-refractivity contribution >= 4 is 33.6 Å². The molecular formula is C13H10BrN3O3. The standard InChI is InChI=1S/C13H10BrN3O3/c1-7-4-11(16-6-9(7)14)17-12(18)8-2-3-15-10(5-8)13(19)20/h2-6H,1H3,(H,19,20)(H,16,17,18). The van der Waals surface area contributed by atoms with Gasteiger partial charge in [-0.15, -0.1) is 0 Å². The van der Waals surface area contributed by atoms with E-state index in [1.165, 1.54) is 18.3 Å². The predicted molar refractivity (Wildman–Crippen MR) is 75.8 cm³/mol. The first-order chi connectivity index (χ1) is 9.47. The van der Waals surface area contributed by atoms with Crippen LogP contribution in [0.25, 0.3) is 0 Å². The van der Waals surface area contributed by atoms with E-state index in [1.807, 2.05) is 6.92 Å². The van der Waals surface area contributed by atoms with E-state index in [0.29, 0.717) is 5.82 Å². The fraction of sp³-hybridized carbons (Fsp3) is 0.0769. The summed E-state index contributed by atoms with van der Waals surface area (Å²) in [6.07, 6.45) is 2.86. The lowest BCUT2D eigenvalue weighted by molar-refractivity contribution is 0.0690. The van der Waals surface area contributed by atoms with Crippen molar-refractivity contribution in [3.8, 4) is 0 Å². The number of aryl methyl sites for hydroxylation is 1. The molecule has 6 nitrogen and oxygen atoms in total. The Labute approximate surface area is 123 Å². The quantitative estimate of drug-likeness (QED) is 0.898. The second-order valence-corrected chi connectivity index (χ2v) is 4.86. The molecule has 0 saturated heterocycles. The van der Waals surface area contributed by atoms with E-state index in [9.17, 15) is 9.59 Å². The van der Waals surface area contributed by atoms with Gasteiger partial charge in [-0.3, -0.25) is 4.79 Å². The van der Waals surface area contributed by atoms with Crippen LogP contribution >= 0.6 is 15.9 Å². The largest absolute Gasteiger partial charge is 0.477 e. The molecule has 2 aromatic heterocycles. The van der Waals surface area contributed by atoms with Gasteiger partial charge in [0.05, 0.1) is 0 Å². The first-order valence-corrected chi connectivity index (χ1v) is 6.39. The molecule has 20 heavy (non-hydrogen) atoms. The molecular weight excluding hydrogens is 326 g/mol. The summed E-state index contributed by atoms with van der Waals surface area (Å²) in [5.41, 5.74) is 0.952. The number of nitrogens with one attached hydrogen (secondary N) is 1. The van der Waals surface area contributed by atoms with Gasteiger partial charge in [0.1, 0.15) is 11.5 Å². The van der Waals surface area contributed by atoms with E-state index in [0.717, 1.165) is 10.0 Å². The molecule has 0 aliphatic heterocycles. The Balaban J connectivity index is 2.21. The lowest BCUT2D eigenvalue weighted by atomic mass is 10.2. The molecule has 0 saturated carbocycles. The van der Waals surface area contributed by atoms with Crippen molar-refractivity contribution in [3.63, 3.8) is 0 Å². The maximum Gasteiger partial charge on any atom is 0.354 e. The molecule has 2 N–H and O–H groups in total. The Bertz CT molecular complexity index is 688. The van der Waals surface area contributed by atoms with Gasteiger partial charge in [0.15, 0.2) is 0 Å².